The van der Waals surface area contributed by atoms with Crippen LogP contribution in [0.4, 0.5) is 5.69 Å². The molecule has 7 nitrogen and oxygen atoms in total. The van der Waals surface area contributed by atoms with Gasteiger partial charge in [-0.1, -0.05) is 29.3 Å². The van der Waals surface area contributed by atoms with E-state index in [1.165, 1.54) is 34.6 Å². The van der Waals surface area contributed by atoms with Crippen LogP contribution >= 0.6 is 23.2 Å². The van der Waals surface area contributed by atoms with Gasteiger partial charge in [-0.2, -0.15) is 0 Å². The van der Waals surface area contributed by atoms with Gasteiger partial charge in [0.15, 0.2) is 0 Å². The smallest absolute Gasteiger partial charge is 0.335 e. The minimum Gasteiger partial charge on any atom is -0.478 e. The maximum absolute atomic E-state index is 12.8. The summed E-state index contributed by atoms with van der Waals surface area (Å²) in [6.07, 6.45) is 1.13. The molecule has 1 saturated heterocycles. The fraction of sp³-hybridized carbons (Fsp3) is 0.300. The normalized spacial score (nSPS) is 17.5. The van der Waals surface area contributed by atoms with E-state index >= 15 is 0 Å². The van der Waals surface area contributed by atoms with Crippen molar-refractivity contribution in [2.24, 2.45) is 5.92 Å². The van der Waals surface area contributed by atoms with Crippen molar-refractivity contribution >= 4 is 50.8 Å². The average molecular weight is 471 g/mol. The van der Waals surface area contributed by atoms with E-state index in [1.807, 2.05) is 0 Å². The molecule has 10 heteroatoms. The zero-order valence-corrected chi connectivity index (χ0v) is 18.2. The van der Waals surface area contributed by atoms with Crippen LogP contribution in [-0.2, 0) is 20.6 Å². The Morgan fingerprint density at radius 2 is 1.80 bits per heavy atom. The molecule has 3 rings (SSSR count). The Labute approximate surface area is 184 Å². The molecule has 2 aromatic carbocycles. The SMILES string of the molecule is O=C(O)c1ccc(NC(=O)[C@@H]2CCCN(S(=O)(=O)Cc3ccc(Cl)c(Cl)c3)C2)cc1. The summed E-state index contributed by atoms with van der Waals surface area (Å²) in [5.74, 6) is -2.08. The number of hydrogen-bond donors (Lipinski definition) is 2. The van der Waals surface area contributed by atoms with E-state index in [4.69, 9.17) is 28.3 Å². The third-order valence-corrected chi connectivity index (χ3v) is 7.44. The molecular formula is C20H20Cl2N2O5S. The van der Waals surface area contributed by atoms with Crippen molar-refractivity contribution in [1.29, 1.82) is 0 Å². The zero-order valence-electron chi connectivity index (χ0n) is 15.8. The maximum Gasteiger partial charge on any atom is 0.335 e. The summed E-state index contributed by atoms with van der Waals surface area (Å²) in [5, 5.41) is 12.3. The molecule has 2 N–H and O–H groups in total. The number of carbonyl (C=O) groups is 2. The number of hydrogen-bond acceptors (Lipinski definition) is 4. The summed E-state index contributed by atoms with van der Waals surface area (Å²) in [6.45, 7) is 0.434. The number of rotatable bonds is 6. The monoisotopic (exact) mass is 470 g/mol. The Kier molecular flexibility index (Phi) is 7.02. The van der Waals surface area contributed by atoms with Crippen LogP contribution in [0, 0.1) is 5.92 Å². The molecule has 0 saturated carbocycles. The van der Waals surface area contributed by atoms with Gasteiger partial charge in [-0.3, -0.25) is 4.79 Å². The predicted molar refractivity (Wildman–Crippen MR) is 115 cm³/mol. The van der Waals surface area contributed by atoms with Gasteiger partial charge in [-0.05, 0) is 54.8 Å². The van der Waals surface area contributed by atoms with E-state index in [1.54, 1.807) is 12.1 Å². The number of piperidine rings is 1. The number of anilines is 1. The Morgan fingerprint density at radius 1 is 1.10 bits per heavy atom. The van der Waals surface area contributed by atoms with E-state index in [0.29, 0.717) is 35.7 Å². The molecule has 0 aromatic heterocycles. The third kappa shape index (κ3) is 5.51. The molecule has 1 aliphatic heterocycles. The Bertz CT molecular complexity index is 1060. The van der Waals surface area contributed by atoms with Crippen molar-refractivity contribution in [3.8, 4) is 0 Å². The molecule has 0 radical (unpaired) electrons. The number of carbonyl (C=O) groups excluding carboxylic acids is 1. The average Bonchev–Trinajstić information content (AvgIpc) is 2.71. The van der Waals surface area contributed by atoms with Gasteiger partial charge in [0.1, 0.15) is 0 Å². The molecule has 30 heavy (non-hydrogen) atoms. The highest BCUT2D eigenvalue weighted by Crippen LogP contribution is 2.26. The fourth-order valence-electron chi connectivity index (χ4n) is 3.28. The minimum absolute atomic E-state index is 0.0860. The number of amides is 1. The summed E-state index contributed by atoms with van der Waals surface area (Å²) in [5.41, 5.74) is 1.10. The molecule has 0 spiro atoms. The lowest BCUT2D eigenvalue weighted by molar-refractivity contribution is -0.120. The van der Waals surface area contributed by atoms with E-state index in [9.17, 15) is 18.0 Å². The molecule has 0 aliphatic carbocycles. The van der Waals surface area contributed by atoms with Crippen LogP contribution < -0.4 is 5.32 Å². The second-order valence-electron chi connectivity index (χ2n) is 7.07. The Balaban J connectivity index is 1.65. The van der Waals surface area contributed by atoms with E-state index in [0.717, 1.165) is 0 Å². The van der Waals surface area contributed by atoms with Gasteiger partial charge in [0, 0.05) is 18.8 Å². The largest absolute Gasteiger partial charge is 0.478 e. The number of carboxylic acids is 1. The number of nitrogens with zero attached hydrogens (tertiary/aromatic N) is 1. The number of carboxylic acid groups (broad SMARTS) is 1. The van der Waals surface area contributed by atoms with Crippen LogP contribution in [0.25, 0.3) is 0 Å². The molecule has 160 valence electrons. The number of sulfonamides is 1. The van der Waals surface area contributed by atoms with Gasteiger partial charge in [0.25, 0.3) is 0 Å². The second kappa shape index (κ2) is 9.34. The van der Waals surface area contributed by atoms with Gasteiger partial charge in [0.2, 0.25) is 15.9 Å². The molecule has 1 atom stereocenters. The highest BCUT2D eigenvalue weighted by Gasteiger charge is 2.32. The summed E-state index contributed by atoms with van der Waals surface area (Å²) in [4.78, 5) is 23.5. The summed E-state index contributed by atoms with van der Waals surface area (Å²) < 4.78 is 27.0. The highest BCUT2D eigenvalue weighted by molar-refractivity contribution is 7.88. The van der Waals surface area contributed by atoms with Crippen molar-refractivity contribution in [3.05, 3.63) is 63.6 Å². The molecular weight excluding hydrogens is 451 g/mol. The third-order valence-electron chi connectivity index (χ3n) is 4.88. The van der Waals surface area contributed by atoms with Crippen molar-refractivity contribution in [2.45, 2.75) is 18.6 Å². The fourth-order valence-corrected chi connectivity index (χ4v) is 5.20. The standard InChI is InChI=1S/C20H20Cl2N2O5S/c21-17-8-3-13(10-18(17)22)12-30(28,29)24-9-1-2-15(11-24)19(25)23-16-6-4-14(5-7-16)20(26)27/h3-8,10,15H,1-2,9,11-12H2,(H,23,25)(H,26,27)/t15-/m1/s1. The zero-order chi connectivity index (χ0) is 21.9. The van der Waals surface area contributed by atoms with Crippen molar-refractivity contribution in [3.63, 3.8) is 0 Å². The number of aromatic carboxylic acids is 1. The molecule has 1 heterocycles. The van der Waals surface area contributed by atoms with Crippen molar-refractivity contribution in [1.82, 2.24) is 4.31 Å². The summed E-state index contributed by atoms with van der Waals surface area (Å²) in [7, 11) is -3.63. The van der Waals surface area contributed by atoms with E-state index < -0.39 is 21.9 Å². The van der Waals surface area contributed by atoms with Crippen LogP contribution in [-0.4, -0.2) is 42.8 Å². The van der Waals surface area contributed by atoms with Crippen molar-refractivity contribution < 1.29 is 23.1 Å². The lowest BCUT2D eigenvalue weighted by atomic mass is 9.98. The first kappa shape index (κ1) is 22.6. The minimum atomic E-state index is -3.63. The lowest BCUT2D eigenvalue weighted by Gasteiger charge is -2.31. The first-order valence-corrected chi connectivity index (χ1v) is 11.6. The van der Waals surface area contributed by atoms with Crippen LogP contribution in [0.3, 0.4) is 0 Å². The Morgan fingerprint density at radius 3 is 2.43 bits per heavy atom. The topological polar surface area (TPSA) is 104 Å². The van der Waals surface area contributed by atoms with Gasteiger partial charge >= 0.3 is 5.97 Å². The maximum atomic E-state index is 12.8. The Hall–Kier alpha value is -2.13. The number of benzene rings is 2. The van der Waals surface area contributed by atoms with Gasteiger partial charge in [-0.15, -0.1) is 0 Å². The van der Waals surface area contributed by atoms with Crippen LogP contribution in [0.15, 0.2) is 42.5 Å². The molecule has 1 fully saturated rings. The molecule has 0 unspecified atom stereocenters. The van der Waals surface area contributed by atoms with Crippen LogP contribution in [0.2, 0.25) is 10.0 Å². The lowest BCUT2D eigenvalue weighted by Crippen LogP contribution is -2.44. The van der Waals surface area contributed by atoms with Gasteiger partial charge in [0.05, 0.1) is 27.3 Å². The van der Waals surface area contributed by atoms with E-state index in [-0.39, 0.29) is 28.8 Å². The number of nitrogens with one attached hydrogen (secondary N) is 1. The highest BCUT2D eigenvalue weighted by atomic mass is 35.5. The summed E-state index contributed by atoms with van der Waals surface area (Å²) >= 11 is 11.9. The molecule has 2 aromatic rings. The quantitative estimate of drug-likeness (QED) is 0.666. The van der Waals surface area contributed by atoms with Crippen LogP contribution in [0.1, 0.15) is 28.8 Å². The first-order chi connectivity index (χ1) is 14.2. The van der Waals surface area contributed by atoms with Gasteiger partial charge in [-0.25, -0.2) is 17.5 Å². The van der Waals surface area contributed by atoms with Gasteiger partial charge < -0.3 is 10.4 Å². The second-order valence-corrected chi connectivity index (χ2v) is 9.86. The predicted octanol–water partition coefficient (Wildman–Crippen LogP) is 3.87. The summed E-state index contributed by atoms with van der Waals surface area (Å²) in [6, 6.07) is 10.5. The van der Waals surface area contributed by atoms with Crippen molar-refractivity contribution in [2.75, 3.05) is 18.4 Å². The molecule has 1 amide bonds. The van der Waals surface area contributed by atoms with Crippen LogP contribution in [0.5, 0.6) is 0 Å². The number of halogens is 2. The van der Waals surface area contributed by atoms with E-state index in [2.05, 4.69) is 5.32 Å². The molecule has 0 bridgehead atoms. The molecule has 1 aliphatic rings. The first-order valence-electron chi connectivity index (χ1n) is 9.21.